The number of thiophene rings is 2. The molecule has 1 aliphatic carbocycles. The van der Waals surface area contributed by atoms with Gasteiger partial charge in [-0.3, -0.25) is 9.59 Å². The van der Waals surface area contributed by atoms with Crippen molar-refractivity contribution in [3.63, 3.8) is 0 Å². The lowest BCUT2D eigenvalue weighted by Gasteiger charge is -2.19. The topological polar surface area (TPSA) is 58.2 Å². The number of amides is 2. The molecule has 2 amide bonds. The lowest BCUT2D eigenvalue weighted by atomic mass is 10.1. The largest absolute Gasteiger partial charge is 0.350 e. The third-order valence-electron chi connectivity index (χ3n) is 4.19. The van der Waals surface area contributed by atoms with E-state index in [1.807, 2.05) is 35.4 Å². The molecule has 0 aliphatic heterocycles. The van der Waals surface area contributed by atoms with Crippen LogP contribution in [0.5, 0.6) is 0 Å². The Hall–Kier alpha value is -1.66. The molecule has 2 N–H and O–H groups in total. The number of carbonyl (C=O) groups is 2. The monoisotopic (exact) mass is 348 g/mol. The van der Waals surface area contributed by atoms with Crippen LogP contribution in [-0.2, 0) is 0 Å². The molecular weight excluding hydrogens is 328 g/mol. The lowest BCUT2D eigenvalue weighted by molar-refractivity contribution is 0.0903. The molecule has 122 valence electrons. The molecule has 1 atom stereocenters. The highest BCUT2D eigenvalue weighted by Crippen LogP contribution is 2.32. The molecule has 2 aromatic heterocycles. The first-order chi connectivity index (χ1) is 11.1. The molecule has 0 aromatic carbocycles. The Morgan fingerprint density at radius 3 is 2.09 bits per heavy atom. The molecule has 1 saturated carbocycles. The van der Waals surface area contributed by atoms with Gasteiger partial charge in [0.25, 0.3) is 11.8 Å². The predicted octanol–water partition coefficient (Wildman–Crippen LogP) is 3.36. The zero-order valence-corrected chi connectivity index (χ0v) is 14.9. The molecule has 4 nitrogen and oxygen atoms in total. The summed E-state index contributed by atoms with van der Waals surface area (Å²) in [7, 11) is 0. The standard InChI is InChI=1S/C17H20N2O2S2/c1-10-6-22-8-13(10)16(20)18-5-15(12-3-4-12)19-17(21)14-9-23-7-11(14)2/h6-9,12,15H,3-5H2,1-2H3,(H,18,20)(H,19,21)/t15-/m0/s1. The van der Waals surface area contributed by atoms with Gasteiger partial charge in [0.05, 0.1) is 11.1 Å². The number of carbonyl (C=O) groups excluding carboxylic acids is 2. The van der Waals surface area contributed by atoms with Gasteiger partial charge in [0.2, 0.25) is 0 Å². The van der Waals surface area contributed by atoms with Gasteiger partial charge < -0.3 is 10.6 Å². The molecule has 0 saturated heterocycles. The van der Waals surface area contributed by atoms with Crippen molar-refractivity contribution in [2.45, 2.75) is 32.7 Å². The van der Waals surface area contributed by atoms with Crippen molar-refractivity contribution in [2.75, 3.05) is 6.54 Å². The zero-order valence-electron chi connectivity index (χ0n) is 13.2. The molecule has 23 heavy (non-hydrogen) atoms. The molecule has 1 fully saturated rings. The van der Waals surface area contributed by atoms with Crippen molar-refractivity contribution in [3.8, 4) is 0 Å². The fourth-order valence-electron chi connectivity index (χ4n) is 2.56. The Labute approximate surface area is 143 Å². The Bertz CT molecular complexity index is 716. The van der Waals surface area contributed by atoms with Gasteiger partial charge in [0, 0.05) is 23.3 Å². The SMILES string of the molecule is Cc1cscc1C(=O)NC[C@H](NC(=O)c1cscc1C)C1CC1. The van der Waals surface area contributed by atoms with Crippen LogP contribution in [0, 0.1) is 19.8 Å². The molecule has 2 heterocycles. The van der Waals surface area contributed by atoms with E-state index in [0.29, 0.717) is 12.5 Å². The summed E-state index contributed by atoms with van der Waals surface area (Å²) >= 11 is 3.06. The second-order valence-corrected chi connectivity index (χ2v) is 7.55. The van der Waals surface area contributed by atoms with Crippen molar-refractivity contribution < 1.29 is 9.59 Å². The molecule has 0 bridgehead atoms. The highest BCUT2D eigenvalue weighted by molar-refractivity contribution is 7.08. The Kier molecular flexibility index (Phi) is 4.82. The number of nitrogens with one attached hydrogen (secondary N) is 2. The van der Waals surface area contributed by atoms with Crippen molar-refractivity contribution in [2.24, 2.45) is 5.92 Å². The van der Waals surface area contributed by atoms with Gasteiger partial charge in [-0.1, -0.05) is 0 Å². The van der Waals surface area contributed by atoms with E-state index in [4.69, 9.17) is 0 Å². The van der Waals surface area contributed by atoms with Crippen molar-refractivity contribution in [1.82, 2.24) is 10.6 Å². The molecule has 3 rings (SSSR count). The highest BCUT2D eigenvalue weighted by atomic mass is 32.1. The minimum atomic E-state index is -0.0598. The maximum absolute atomic E-state index is 12.4. The van der Waals surface area contributed by atoms with Crippen LogP contribution >= 0.6 is 22.7 Å². The van der Waals surface area contributed by atoms with Crippen molar-refractivity contribution in [1.29, 1.82) is 0 Å². The predicted molar refractivity (Wildman–Crippen MR) is 94.4 cm³/mol. The van der Waals surface area contributed by atoms with Crippen molar-refractivity contribution >= 4 is 34.5 Å². The fourth-order valence-corrected chi connectivity index (χ4v) is 4.22. The summed E-state index contributed by atoms with van der Waals surface area (Å²) in [5, 5.41) is 13.7. The average molecular weight is 348 g/mol. The molecule has 0 spiro atoms. The third kappa shape index (κ3) is 3.82. The summed E-state index contributed by atoms with van der Waals surface area (Å²) in [6.07, 6.45) is 2.22. The van der Waals surface area contributed by atoms with Crippen molar-refractivity contribution in [3.05, 3.63) is 43.8 Å². The van der Waals surface area contributed by atoms with E-state index < -0.39 is 0 Å². The van der Waals surface area contributed by atoms with Gasteiger partial charge in [0.15, 0.2) is 0 Å². The third-order valence-corrected chi connectivity index (χ3v) is 5.91. The maximum atomic E-state index is 12.4. The molecule has 0 unspecified atom stereocenters. The summed E-state index contributed by atoms with van der Waals surface area (Å²) < 4.78 is 0. The van der Waals surface area contributed by atoms with Crippen LogP contribution < -0.4 is 10.6 Å². The summed E-state index contributed by atoms with van der Waals surface area (Å²) in [5.74, 6) is 0.374. The summed E-state index contributed by atoms with van der Waals surface area (Å²) in [6, 6.07) is 0.00434. The van der Waals surface area contributed by atoms with E-state index in [9.17, 15) is 9.59 Å². The summed E-state index contributed by atoms with van der Waals surface area (Å²) in [6.45, 7) is 4.36. The first-order valence-electron chi connectivity index (χ1n) is 7.71. The van der Waals surface area contributed by atoms with E-state index in [0.717, 1.165) is 35.1 Å². The molecule has 6 heteroatoms. The van der Waals surface area contributed by atoms with Crippen LogP contribution in [0.25, 0.3) is 0 Å². The van der Waals surface area contributed by atoms with Crippen LogP contribution in [0.4, 0.5) is 0 Å². The number of hydrogen-bond acceptors (Lipinski definition) is 4. The van der Waals surface area contributed by atoms with Crippen LogP contribution in [0.2, 0.25) is 0 Å². The second-order valence-electron chi connectivity index (χ2n) is 6.06. The summed E-state index contributed by atoms with van der Waals surface area (Å²) in [5.41, 5.74) is 3.46. The van der Waals surface area contributed by atoms with Gasteiger partial charge in [-0.05, 0) is 54.5 Å². The van der Waals surface area contributed by atoms with Gasteiger partial charge in [-0.25, -0.2) is 0 Å². The number of hydrogen-bond donors (Lipinski definition) is 2. The average Bonchev–Trinajstić information content (AvgIpc) is 3.14. The van der Waals surface area contributed by atoms with Gasteiger partial charge in [-0.15, -0.1) is 0 Å². The van der Waals surface area contributed by atoms with Gasteiger partial charge in [-0.2, -0.15) is 22.7 Å². The number of aryl methyl sites for hydroxylation is 2. The minimum absolute atomic E-state index is 0.00434. The Morgan fingerprint density at radius 1 is 1.04 bits per heavy atom. The molecule has 1 aliphatic rings. The lowest BCUT2D eigenvalue weighted by Crippen LogP contribution is -2.45. The zero-order chi connectivity index (χ0) is 16.4. The van der Waals surface area contributed by atoms with Crippen LogP contribution in [0.15, 0.2) is 21.5 Å². The Balaban J connectivity index is 1.59. The highest BCUT2D eigenvalue weighted by Gasteiger charge is 2.33. The maximum Gasteiger partial charge on any atom is 0.252 e. The molecule has 0 radical (unpaired) electrons. The minimum Gasteiger partial charge on any atom is -0.350 e. The van der Waals surface area contributed by atoms with Crippen LogP contribution in [-0.4, -0.2) is 24.4 Å². The number of rotatable bonds is 6. The van der Waals surface area contributed by atoms with Gasteiger partial charge in [0.1, 0.15) is 0 Å². The fraction of sp³-hybridized carbons (Fsp3) is 0.412. The van der Waals surface area contributed by atoms with E-state index in [1.54, 1.807) is 0 Å². The second kappa shape index (κ2) is 6.84. The van der Waals surface area contributed by atoms with Gasteiger partial charge >= 0.3 is 0 Å². The Morgan fingerprint density at radius 2 is 1.61 bits per heavy atom. The van der Waals surface area contributed by atoms with E-state index in [1.165, 1.54) is 22.7 Å². The van der Waals surface area contributed by atoms with E-state index in [2.05, 4.69) is 10.6 Å². The summed E-state index contributed by atoms with van der Waals surface area (Å²) in [4.78, 5) is 24.6. The normalized spacial score (nSPS) is 15.2. The molecule has 2 aromatic rings. The molecular formula is C17H20N2O2S2. The van der Waals surface area contributed by atoms with E-state index >= 15 is 0 Å². The first-order valence-corrected chi connectivity index (χ1v) is 9.59. The quantitative estimate of drug-likeness (QED) is 0.841. The van der Waals surface area contributed by atoms with Crippen LogP contribution in [0.1, 0.15) is 44.7 Å². The van der Waals surface area contributed by atoms with Crippen LogP contribution in [0.3, 0.4) is 0 Å². The smallest absolute Gasteiger partial charge is 0.252 e. The first kappa shape index (κ1) is 16.2. The van der Waals surface area contributed by atoms with E-state index in [-0.39, 0.29) is 17.9 Å².